The molecular formula is C15H22N2O2. The predicted molar refractivity (Wildman–Crippen MR) is 74.7 cm³/mol. The van der Waals surface area contributed by atoms with Crippen molar-refractivity contribution in [2.75, 3.05) is 26.8 Å². The number of benzene rings is 1. The smallest absolute Gasteiger partial charge is 0.161 e. The van der Waals surface area contributed by atoms with Gasteiger partial charge >= 0.3 is 0 Å². The minimum atomic E-state index is 0.0659. The highest BCUT2D eigenvalue weighted by Crippen LogP contribution is 2.35. The zero-order chi connectivity index (χ0) is 13.5. The summed E-state index contributed by atoms with van der Waals surface area (Å²) in [5, 5.41) is 0. The highest BCUT2D eigenvalue weighted by atomic mass is 16.6. The van der Waals surface area contributed by atoms with Crippen LogP contribution in [-0.4, -0.2) is 37.2 Å². The molecule has 4 heteroatoms. The van der Waals surface area contributed by atoms with E-state index in [1.165, 1.54) is 11.1 Å². The van der Waals surface area contributed by atoms with Crippen molar-refractivity contribution in [3.8, 4) is 11.5 Å². The number of fused-ring (bicyclic) bond motifs is 1. The molecule has 19 heavy (non-hydrogen) atoms. The van der Waals surface area contributed by atoms with Crippen molar-refractivity contribution in [2.24, 2.45) is 5.73 Å². The molecule has 0 spiro atoms. The highest BCUT2D eigenvalue weighted by molar-refractivity contribution is 5.47. The van der Waals surface area contributed by atoms with Crippen molar-refractivity contribution in [1.29, 1.82) is 0 Å². The molecule has 4 nitrogen and oxygen atoms in total. The van der Waals surface area contributed by atoms with E-state index in [9.17, 15) is 0 Å². The lowest BCUT2D eigenvalue weighted by Gasteiger charge is -2.24. The van der Waals surface area contributed by atoms with Crippen LogP contribution in [0.3, 0.4) is 0 Å². The maximum absolute atomic E-state index is 6.16. The standard InChI is InChI=1S/C15H22N2O2/c1-11-7-13-14(19-6-5-18-13)8-12(11)9-17(2)10-15(16)3-4-15/h7-8H,3-6,9-10,16H2,1-2H3. The summed E-state index contributed by atoms with van der Waals surface area (Å²) in [5.41, 5.74) is 8.77. The highest BCUT2D eigenvalue weighted by Gasteiger charge is 2.38. The third kappa shape index (κ3) is 2.85. The van der Waals surface area contributed by atoms with E-state index in [-0.39, 0.29) is 5.54 Å². The van der Waals surface area contributed by atoms with Gasteiger partial charge in [0.05, 0.1) is 0 Å². The van der Waals surface area contributed by atoms with E-state index in [1.54, 1.807) is 0 Å². The van der Waals surface area contributed by atoms with E-state index >= 15 is 0 Å². The summed E-state index contributed by atoms with van der Waals surface area (Å²) in [4.78, 5) is 2.30. The molecule has 0 radical (unpaired) electrons. The number of ether oxygens (including phenoxy) is 2. The molecule has 0 unspecified atom stereocenters. The largest absolute Gasteiger partial charge is 0.486 e. The van der Waals surface area contributed by atoms with Crippen molar-refractivity contribution >= 4 is 0 Å². The molecule has 2 aliphatic rings. The Morgan fingerprint density at radius 2 is 1.84 bits per heavy atom. The van der Waals surface area contributed by atoms with Crippen LogP contribution >= 0.6 is 0 Å². The summed E-state index contributed by atoms with van der Waals surface area (Å²) in [6, 6.07) is 4.18. The third-order valence-electron chi connectivity index (χ3n) is 3.92. The lowest BCUT2D eigenvalue weighted by Crippen LogP contribution is -2.36. The van der Waals surface area contributed by atoms with E-state index in [0.717, 1.165) is 37.4 Å². The molecule has 1 fully saturated rings. The van der Waals surface area contributed by atoms with Crippen molar-refractivity contribution in [3.63, 3.8) is 0 Å². The van der Waals surface area contributed by atoms with Gasteiger partial charge in [0.25, 0.3) is 0 Å². The Hall–Kier alpha value is -1.26. The molecule has 1 aromatic carbocycles. The van der Waals surface area contributed by atoms with Crippen molar-refractivity contribution in [1.82, 2.24) is 4.90 Å². The normalized spacial score (nSPS) is 19.6. The summed E-state index contributed by atoms with van der Waals surface area (Å²) < 4.78 is 11.2. The second-order valence-corrected chi connectivity index (χ2v) is 5.96. The zero-order valence-electron chi connectivity index (χ0n) is 11.7. The molecule has 1 saturated carbocycles. The summed E-state index contributed by atoms with van der Waals surface area (Å²) in [6.45, 7) is 5.26. The van der Waals surface area contributed by atoms with Gasteiger partial charge in [0.2, 0.25) is 0 Å². The summed E-state index contributed by atoms with van der Waals surface area (Å²) >= 11 is 0. The Morgan fingerprint density at radius 1 is 1.21 bits per heavy atom. The second kappa shape index (κ2) is 4.69. The second-order valence-electron chi connectivity index (χ2n) is 5.96. The molecular weight excluding hydrogens is 240 g/mol. The molecule has 2 N–H and O–H groups in total. The Morgan fingerprint density at radius 3 is 2.47 bits per heavy atom. The zero-order valence-corrected chi connectivity index (χ0v) is 11.7. The van der Waals surface area contributed by atoms with Gasteiger partial charge in [0, 0.05) is 18.6 Å². The molecule has 1 aromatic rings. The first-order valence-electron chi connectivity index (χ1n) is 6.92. The Balaban J connectivity index is 1.73. The minimum Gasteiger partial charge on any atom is -0.486 e. The van der Waals surface area contributed by atoms with Gasteiger partial charge in [-0.25, -0.2) is 0 Å². The van der Waals surface area contributed by atoms with Gasteiger partial charge in [-0.3, -0.25) is 0 Å². The van der Waals surface area contributed by atoms with Crippen LogP contribution in [0.25, 0.3) is 0 Å². The van der Waals surface area contributed by atoms with Crippen molar-refractivity contribution in [3.05, 3.63) is 23.3 Å². The van der Waals surface area contributed by atoms with Crippen LogP contribution < -0.4 is 15.2 Å². The molecule has 0 atom stereocenters. The summed E-state index contributed by atoms with van der Waals surface area (Å²) in [7, 11) is 2.13. The van der Waals surface area contributed by atoms with E-state index in [0.29, 0.717) is 13.2 Å². The van der Waals surface area contributed by atoms with Gasteiger partial charge in [0.15, 0.2) is 11.5 Å². The van der Waals surface area contributed by atoms with Crippen LogP contribution in [0.4, 0.5) is 0 Å². The topological polar surface area (TPSA) is 47.7 Å². The Kier molecular flexibility index (Phi) is 3.15. The number of rotatable bonds is 4. The number of hydrogen-bond acceptors (Lipinski definition) is 4. The third-order valence-corrected chi connectivity index (χ3v) is 3.92. The molecule has 0 amide bonds. The van der Waals surface area contributed by atoms with Gasteiger partial charge in [-0.15, -0.1) is 0 Å². The molecule has 3 rings (SSSR count). The van der Waals surface area contributed by atoms with Crippen LogP contribution in [0.2, 0.25) is 0 Å². The maximum atomic E-state index is 6.16. The van der Waals surface area contributed by atoms with Crippen LogP contribution in [0.15, 0.2) is 12.1 Å². The SMILES string of the molecule is Cc1cc2c(cc1CN(C)CC1(N)CC1)OCCO2. The molecule has 0 saturated heterocycles. The minimum absolute atomic E-state index is 0.0659. The van der Waals surface area contributed by atoms with Crippen LogP contribution in [-0.2, 0) is 6.54 Å². The van der Waals surface area contributed by atoms with Gasteiger partial charge in [-0.1, -0.05) is 0 Å². The number of hydrogen-bond donors (Lipinski definition) is 1. The Bertz CT molecular complexity index is 483. The number of aryl methyl sites for hydroxylation is 1. The van der Waals surface area contributed by atoms with Crippen LogP contribution in [0.1, 0.15) is 24.0 Å². The Labute approximate surface area is 114 Å². The lowest BCUT2D eigenvalue weighted by molar-refractivity contribution is 0.171. The number of nitrogens with two attached hydrogens (primary N) is 1. The van der Waals surface area contributed by atoms with Gasteiger partial charge in [-0.2, -0.15) is 0 Å². The predicted octanol–water partition coefficient (Wildman–Crippen LogP) is 1.69. The summed E-state index contributed by atoms with van der Waals surface area (Å²) in [6.07, 6.45) is 2.30. The molecule has 0 bridgehead atoms. The average molecular weight is 262 g/mol. The molecule has 1 aliphatic heterocycles. The quantitative estimate of drug-likeness (QED) is 0.897. The molecule has 104 valence electrons. The lowest BCUT2D eigenvalue weighted by atomic mass is 10.1. The van der Waals surface area contributed by atoms with E-state index in [2.05, 4.69) is 31.0 Å². The van der Waals surface area contributed by atoms with Gasteiger partial charge in [0.1, 0.15) is 13.2 Å². The van der Waals surface area contributed by atoms with E-state index in [4.69, 9.17) is 15.2 Å². The van der Waals surface area contributed by atoms with Crippen molar-refractivity contribution in [2.45, 2.75) is 31.8 Å². The van der Waals surface area contributed by atoms with E-state index in [1.807, 2.05) is 0 Å². The van der Waals surface area contributed by atoms with Gasteiger partial charge in [-0.05, 0) is 50.1 Å². The first-order chi connectivity index (χ1) is 9.06. The van der Waals surface area contributed by atoms with Crippen molar-refractivity contribution < 1.29 is 9.47 Å². The average Bonchev–Trinajstić information content (AvgIpc) is 3.07. The fourth-order valence-corrected chi connectivity index (χ4v) is 2.61. The van der Waals surface area contributed by atoms with Gasteiger partial charge < -0.3 is 20.1 Å². The van der Waals surface area contributed by atoms with Crippen LogP contribution in [0.5, 0.6) is 11.5 Å². The molecule has 1 aliphatic carbocycles. The fraction of sp³-hybridized carbons (Fsp3) is 0.600. The fourth-order valence-electron chi connectivity index (χ4n) is 2.61. The monoisotopic (exact) mass is 262 g/mol. The number of likely N-dealkylation sites (N-methyl/N-ethyl adjacent to an activating group) is 1. The van der Waals surface area contributed by atoms with Crippen LogP contribution in [0, 0.1) is 6.92 Å². The first kappa shape index (κ1) is 12.8. The molecule has 1 heterocycles. The molecule has 0 aromatic heterocycles. The number of nitrogens with zero attached hydrogens (tertiary/aromatic N) is 1. The first-order valence-corrected chi connectivity index (χ1v) is 6.92. The van der Waals surface area contributed by atoms with E-state index < -0.39 is 0 Å². The maximum Gasteiger partial charge on any atom is 0.161 e. The summed E-state index contributed by atoms with van der Waals surface area (Å²) in [5.74, 6) is 1.74.